The molecule has 1 amide bonds. The van der Waals surface area contributed by atoms with E-state index in [2.05, 4.69) is 10.3 Å². The minimum absolute atomic E-state index is 0.308. The number of rotatable bonds is 9. The number of aryl methyl sites for hydroxylation is 1. The first-order valence-electron chi connectivity index (χ1n) is 9.18. The molecule has 0 bridgehead atoms. The van der Waals surface area contributed by atoms with E-state index in [9.17, 15) is 15.0 Å². The zero-order chi connectivity index (χ0) is 19.8. The fraction of sp³-hybridized carbons (Fsp3) is 0.429. The van der Waals surface area contributed by atoms with Crippen LogP contribution in [0.4, 0.5) is 0 Å². The number of carbonyl (C=O) groups is 1. The van der Waals surface area contributed by atoms with Crippen LogP contribution in [0, 0.1) is 6.92 Å². The van der Waals surface area contributed by atoms with E-state index in [4.69, 9.17) is 0 Å². The van der Waals surface area contributed by atoms with Crippen molar-refractivity contribution in [2.75, 3.05) is 20.1 Å². The number of pyridine rings is 1. The quantitative estimate of drug-likeness (QED) is 0.620. The van der Waals surface area contributed by atoms with Gasteiger partial charge in [0.05, 0.1) is 18.2 Å². The molecule has 2 rings (SSSR count). The molecular formula is C21H29N3O3. The second-order valence-electron chi connectivity index (χ2n) is 7.07. The summed E-state index contributed by atoms with van der Waals surface area (Å²) in [5.41, 5.74) is 2.12. The first-order valence-corrected chi connectivity index (χ1v) is 9.18. The standard InChI is InChI=1S/C21H29N3O3/c1-15-8-7-11-18(22-15)21(27)23-19(12-17-9-5-4-6-10-17)20(26)14-24(3)13-16(2)25/h4-11,16,19-20,25-26H,12-14H2,1-3H3,(H,23,27). The Balaban J connectivity index is 2.12. The third kappa shape index (κ3) is 7.09. The summed E-state index contributed by atoms with van der Waals surface area (Å²) in [6.07, 6.45) is -0.772. The van der Waals surface area contributed by atoms with Crippen molar-refractivity contribution in [1.82, 2.24) is 15.2 Å². The number of aliphatic hydroxyl groups is 2. The molecule has 3 N–H and O–H groups in total. The second-order valence-corrected chi connectivity index (χ2v) is 7.07. The highest BCUT2D eigenvalue weighted by atomic mass is 16.3. The molecule has 2 aromatic rings. The van der Waals surface area contributed by atoms with Crippen molar-refractivity contribution in [3.8, 4) is 0 Å². The van der Waals surface area contributed by atoms with E-state index in [1.165, 1.54) is 0 Å². The van der Waals surface area contributed by atoms with E-state index in [0.29, 0.717) is 25.2 Å². The van der Waals surface area contributed by atoms with Crippen LogP contribution in [-0.2, 0) is 6.42 Å². The number of aromatic nitrogens is 1. The third-order valence-corrected chi connectivity index (χ3v) is 4.27. The largest absolute Gasteiger partial charge is 0.392 e. The van der Waals surface area contributed by atoms with Gasteiger partial charge < -0.3 is 20.4 Å². The Hall–Kier alpha value is -2.28. The van der Waals surface area contributed by atoms with Gasteiger partial charge in [0, 0.05) is 18.8 Å². The van der Waals surface area contributed by atoms with Gasteiger partial charge in [-0.1, -0.05) is 36.4 Å². The number of hydrogen-bond acceptors (Lipinski definition) is 5. The molecule has 27 heavy (non-hydrogen) atoms. The van der Waals surface area contributed by atoms with Gasteiger partial charge in [0.2, 0.25) is 0 Å². The number of hydrogen-bond donors (Lipinski definition) is 3. The van der Waals surface area contributed by atoms with E-state index in [1.54, 1.807) is 19.1 Å². The van der Waals surface area contributed by atoms with Gasteiger partial charge in [-0.2, -0.15) is 0 Å². The van der Waals surface area contributed by atoms with Crippen molar-refractivity contribution in [2.24, 2.45) is 0 Å². The maximum Gasteiger partial charge on any atom is 0.270 e. The highest BCUT2D eigenvalue weighted by Crippen LogP contribution is 2.09. The van der Waals surface area contributed by atoms with E-state index in [1.807, 2.05) is 55.3 Å². The normalized spacial score (nSPS) is 14.6. The van der Waals surface area contributed by atoms with Gasteiger partial charge in [0.15, 0.2) is 0 Å². The van der Waals surface area contributed by atoms with Crippen LogP contribution >= 0.6 is 0 Å². The third-order valence-electron chi connectivity index (χ3n) is 4.27. The van der Waals surface area contributed by atoms with Crippen molar-refractivity contribution in [3.05, 3.63) is 65.5 Å². The molecule has 0 aliphatic rings. The SMILES string of the molecule is Cc1cccc(C(=O)NC(Cc2ccccc2)C(O)CN(C)CC(C)O)n1. The van der Waals surface area contributed by atoms with Crippen LogP contribution < -0.4 is 5.32 Å². The summed E-state index contributed by atoms with van der Waals surface area (Å²) in [5, 5.41) is 23.2. The maximum absolute atomic E-state index is 12.6. The average Bonchev–Trinajstić information content (AvgIpc) is 2.61. The van der Waals surface area contributed by atoms with Gasteiger partial charge in [-0.25, -0.2) is 4.98 Å². The van der Waals surface area contributed by atoms with Crippen LogP contribution in [0.15, 0.2) is 48.5 Å². The zero-order valence-electron chi connectivity index (χ0n) is 16.2. The van der Waals surface area contributed by atoms with Crippen molar-refractivity contribution < 1.29 is 15.0 Å². The van der Waals surface area contributed by atoms with E-state index >= 15 is 0 Å². The summed E-state index contributed by atoms with van der Waals surface area (Å²) >= 11 is 0. The summed E-state index contributed by atoms with van der Waals surface area (Å²) in [6.45, 7) is 4.32. The van der Waals surface area contributed by atoms with Crippen LogP contribution in [-0.4, -0.2) is 64.4 Å². The predicted molar refractivity (Wildman–Crippen MR) is 106 cm³/mol. The van der Waals surface area contributed by atoms with Crippen LogP contribution in [0.3, 0.4) is 0 Å². The topological polar surface area (TPSA) is 85.7 Å². The lowest BCUT2D eigenvalue weighted by atomic mass is 10.0. The van der Waals surface area contributed by atoms with Crippen molar-refractivity contribution in [1.29, 1.82) is 0 Å². The molecule has 146 valence electrons. The highest BCUT2D eigenvalue weighted by molar-refractivity contribution is 5.92. The molecule has 0 radical (unpaired) electrons. The summed E-state index contributed by atoms with van der Waals surface area (Å²) in [5.74, 6) is -0.308. The molecule has 0 fully saturated rings. The zero-order valence-corrected chi connectivity index (χ0v) is 16.2. The fourth-order valence-corrected chi connectivity index (χ4v) is 3.04. The Labute approximate surface area is 160 Å². The number of likely N-dealkylation sites (N-methyl/N-ethyl adjacent to an activating group) is 1. The summed E-state index contributed by atoms with van der Waals surface area (Å²) in [4.78, 5) is 18.7. The van der Waals surface area contributed by atoms with Crippen molar-refractivity contribution in [3.63, 3.8) is 0 Å². The molecular weight excluding hydrogens is 342 g/mol. The maximum atomic E-state index is 12.6. The Morgan fingerprint density at radius 3 is 2.44 bits per heavy atom. The van der Waals surface area contributed by atoms with Gasteiger partial charge in [0.25, 0.3) is 5.91 Å². The molecule has 0 saturated carbocycles. The summed E-state index contributed by atoms with van der Waals surface area (Å²) < 4.78 is 0. The number of aliphatic hydroxyl groups excluding tert-OH is 2. The van der Waals surface area contributed by atoms with Gasteiger partial charge >= 0.3 is 0 Å². The molecule has 6 nitrogen and oxygen atoms in total. The van der Waals surface area contributed by atoms with Crippen LogP contribution in [0.25, 0.3) is 0 Å². The van der Waals surface area contributed by atoms with Crippen LogP contribution in [0.1, 0.15) is 28.7 Å². The van der Waals surface area contributed by atoms with Crippen molar-refractivity contribution in [2.45, 2.75) is 38.5 Å². The fourth-order valence-electron chi connectivity index (χ4n) is 3.04. The summed E-state index contributed by atoms with van der Waals surface area (Å²) in [7, 11) is 1.83. The monoisotopic (exact) mass is 371 g/mol. The second kappa shape index (κ2) is 10.2. The summed E-state index contributed by atoms with van der Waals surface area (Å²) in [6, 6.07) is 14.5. The Morgan fingerprint density at radius 2 is 1.81 bits per heavy atom. The molecule has 1 heterocycles. The van der Waals surface area contributed by atoms with Crippen LogP contribution in [0.2, 0.25) is 0 Å². The van der Waals surface area contributed by atoms with Gasteiger partial charge in [-0.3, -0.25) is 4.79 Å². The number of carbonyl (C=O) groups excluding carboxylic acids is 1. The molecule has 3 atom stereocenters. The van der Waals surface area contributed by atoms with Gasteiger partial charge in [-0.05, 0) is 45.0 Å². The number of nitrogens with one attached hydrogen (secondary N) is 1. The van der Waals surface area contributed by atoms with Crippen molar-refractivity contribution >= 4 is 5.91 Å². The Bertz CT molecular complexity index is 722. The lowest BCUT2D eigenvalue weighted by molar-refractivity contribution is 0.0609. The average molecular weight is 371 g/mol. The molecule has 0 aliphatic carbocycles. The first-order chi connectivity index (χ1) is 12.8. The molecule has 0 aliphatic heterocycles. The molecule has 0 saturated heterocycles. The minimum atomic E-state index is -0.789. The van der Waals surface area contributed by atoms with Crippen LogP contribution in [0.5, 0.6) is 0 Å². The highest BCUT2D eigenvalue weighted by Gasteiger charge is 2.24. The molecule has 1 aromatic heterocycles. The number of benzene rings is 1. The molecule has 0 spiro atoms. The van der Waals surface area contributed by atoms with Gasteiger partial charge in [-0.15, -0.1) is 0 Å². The van der Waals surface area contributed by atoms with Gasteiger partial charge in [0.1, 0.15) is 5.69 Å². The minimum Gasteiger partial charge on any atom is -0.392 e. The lowest BCUT2D eigenvalue weighted by Crippen LogP contribution is -2.49. The number of amides is 1. The van der Waals surface area contributed by atoms with E-state index in [0.717, 1.165) is 11.3 Å². The first kappa shape index (κ1) is 21.0. The van der Waals surface area contributed by atoms with E-state index < -0.39 is 18.2 Å². The molecule has 6 heteroatoms. The molecule has 1 aromatic carbocycles. The number of nitrogens with zero attached hydrogens (tertiary/aromatic N) is 2. The van der Waals surface area contributed by atoms with E-state index in [-0.39, 0.29) is 5.91 Å². The predicted octanol–water partition coefficient (Wildman–Crippen LogP) is 1.40. The smallest absolute Gasteiger partial charge is 0.270 e. The Morgan fingerprint density at radius 1 is 1.11 bits per heavy atom. The lowest BCUT2D eigenvalue weighted by Gasteiger charge is -2.28. The molecule has 3 unspecified atom stereocenters. The Kier molecular flexibility index (Phi) is 7.91.